The minimum absolute atomic E-state index is 0.106. The van der Waals surface area contributed by atoms with E-state index in [0.29, 0.717) is 0 Å². The highest BCUT2D eigenvalue weighted by molar-refractivity contribution is 9.10. The first-order valence-electron chi connectivity index (χ1n) is 6.55. The second-order valence-corrected chi connectivity index (χ2v) is 5.49. The molecular weight excluding hydrogens is 333 g/mol. The first kappa shape index (κ1) is 15.4. The fraction of sp³-hybridized carbons (Fsp3) is 0.118. The van der Waals surface area contributed by atoms with Crippen molar-refractivity contribution in [3.05, 3.63) is 76.0 Å². The van der Waals surface area contributed by atoms with Gasteiger partial charge in [-0.1, -0.05) is 46.3 Å². The number of carbonyl (C=O) groups is 1. The maximum Gasteiger partial charge on any atom is 0.244 e. The van der Waals surface area contributed by atoms with E-state index in [-0.39, 0.29) is 17.8 Å². The van der Waals surface area contributed by atoms with Gasteiger partial charge >= 0.3 is 0 Å². The fourth-order valence-corrected chi connectivity index (χ4v) is 2.54. The quantitative estimate of drug-likeness (QED) is 0.811. The van der Waals surface area contributed by atoms with Gasteiger partial charge in [-0.25, -0.2) is 4.39 Å². The smallest absolute Gasteiger partial charge is 0.244 e. The van der Waals surface area contributed by atoms with Gasteiger partial charge in [-0.2, -0.15) is 0 Å². The first-order valence-corrected chi connectivity index (χ1v) is 7.34. The second-order valence-electron chi connectivity index (χ2n) is 4.64. The Morgan fingerprint density at radius 1 is 1.19 bits per heavy atom. The number of amides is 1. The molecule has 0 saturated carbocycles. The summed E-state index contributed by atoms with van der Waals surface area (Å²) in [5.74, 6) is -0.485. The van der Waals surface area contributed by atoms with E-state index in [1.54, 1.807) is 18.2 Å². The third kappa shape index (κ3) is 4.53. The van der Waals surface area contributed by atoms with Crippen LogP contribution in [0.25, 0.3) is 6.08 Å². The van der Waals surface area contributed by atoms with Gasteiger partial charge in [0.15, 0.2) is 0 Å². The Balaban J connectivity index is 1.98. The predicted molar refractivity (Wildman–Crippen MR) is 86.1 cm³/mol. The Bertz CT molecular complexity index is 652. The van der Waals surface area contributed by atoms with E-state index >= 15 is 0 Å². The molecule has 0 bridgehead atoms. The Labute approximate surface area is 131 Å². The lowest BCUT2D eigenvalue weighted by Crippen LogP contribution is -2.24. The van der Waals surface area contributed by atoms with Crippen molar-refractivity contribution in [2.75, 3.05) is 0 Å². The number of hydrogen-bond acceptors (Lipinski definition) is 1. The summed E-state index contributed by atoms with van der Waals surface area (Å²) in [6, 6.07) is 13.6. The van der Waals surface area contributed by atoms with Crippen molar-refractivity contribution in [3.63, 3.8) is 0 Å². The molecule has 1 N–H and O–H groups in total. The highest BCUT2D eigenvalue weighted by Crippen LogP contribution is 2.22. The predicted octanol–water partition coefficient (Wildman–Crippen LogP) is 4.48. The minimum Gasteiger partial charge on any atom is -0.346 e. The lowest BCUT2D eigenvalue weighted by molar-refractivity contribution is -0.117. The molecule has 0 spiro atoms. The highest BCUT2D eigenvalue weighted by Gasteiger charge is 2.09. The lowest BCUT2D eigenvalue weighted by atomic mass is 10.1. The Hall–Kier alpha value is -1.94. The summed E-state index contributed by atoms with van der Waals surface area (Å²) in [7, 11) is 0. The number of halogens is 2. The van der Waals surface area contributed by atoms with Crippen LogP contribution in [0.4, 0.5) is 4.39 Å². The molecule has 0 saturated heterocycles. The normalized spacial score (nSPS) is 12.3. The van der Waals surface area contributed by atoms with Gasteiger partial charge in [0.25, 0.3) is 0 Å². The summed E-state index contributed by atoms with van der Waals surface area (Å²) in [5.41, 5.74) is 1.79. The maximum absolute atomic E-state index is 12.8. The van der Waals surface area contributed by atoms with E-state index in [9.17, 15) is 9.18 Å². The Morgan fingerprint density at radius 3 is 2.52 bits per heavy atom. The molecule has 0 fully saturated rings. The van der Waals surface area contributed by atoms with Crippen molar-refractivity contribution in [2.24, 2.45) is 0 Å². The molecule has 0 aromatic heterocycles. The Kier molecular flexibility index (Phi) is 5.28. The molecule has 21 heavy (non-hydrogen) atoms. The molecule has 0 aliphatic heterocycles. The van der Waals surface area contributed by atoms with Gasteiger partial charge < -0.3 is 5.32 Å². The molecule has 2 aromatic carbocycles. The Morgan fingerprint density at radius 2 is 1.86 bits per heavy atom. The lowest BCUT2D eigenvalue weighted by Gasteiger charge is -2.14. The van der Waals surface area contributed by atoms with Gasteiger partial charge in [0.1, 0.15) is 5.82 Å². The monoisotopic (exact) mass is 347 g/mol. The van der Waals surface area contributed by atoms with E-state index in [0.717, 1.165) is 15.6 Å². The molecule has 0 heterocycles. The molecular formula is C17H15BrFNO. The number of carbonyl (C=O) groups excluding carboxylic acids is 1. The zero-order chi connectivity index (χ0) is 15.2. The first-order chi connectivity index (χ1) is 10.1. The molecule has 1 amide bonds. The summed E-state index contributed by atoms with van der Waals surface area (Å²) in [6.07, 6.45) is 3.10. The van der Waals surface area contributed by atoms with Crippen LogP contribution >= 0.6 is 15.9 Å². The molecule has 2 rings (SSSR count). The highest BCUT2D eigenvalue weighted by atomic mass is 79.9. The average Bonchev–Trinajstić information content (AvgIpc) is 2.47. The molecule has 0 aliphatic carbocycles. The third-order valence-corrected chi connectivity index (χ3v) is 3.75. The molecule has 2 aromatic rings. The second kappa shape index (κ2) is 7.18. The summed E-state index contributed by atoms with van der Waals surface area (Å²) in [6.45, 7) is 1.92. The van der Waals surface area contributed by atoms with Crippen LogP contribution in [0.2, 0.25) is 0 Å². The summed E-state index contributed by atoms with van der Waals surface area (Å²) >= 11 is 3.46. The van der Waals surface area contributed by atoms with Gasteiger partial charge in [-0.05, 0) is 42.3 Å². The van der Waals surface area contributed by atoms with Crippen LogP contribution in [-0.2, 0) is 4.79 Å². The summed E-state index contributed by atoms with van der Waals surface area (Å²) in [5, 5.41) is 2.89. The topological polar surface area (TPSA) is 29.1 Å². The molecule has 4 heteroatoms. The van der Waals surface area contributed by atoms with E-state index in [1.807, 2.05) is 31.2 Å². The largest absolute Gasteiger partial charge is 0.346 e. The van der Waals surface area contributed by atoms with Gasteiger partial charge in [0.05, 0.1) is 6.04 Å². The molecule has 2 nitrogen and oxygen atoms in total. The number of nitrogens with one attached hydrogen (secondary N) is 1. The van der Waals surface area contributed by atoms with Gasteiger partial charge in [-0.3, -0.25) is 4.79 Å². The van der Waals surface area contributed by atoms with Crippen molar-refractivity contribution in [3.8, 4) is 0 Å². The fourth-order valence-electron chi connectivity index (χ4n) is 1.91. The van der Waals surface area contributed by atoms with Crippen molar-refractivity contribution < 1.29 is 9.18 Å². The van der Waals surface area contributed by atoms with Gasteiger partial charge in [0.2, 0.25) is 5.91 Å². The molecule has 0 aliphatic rings. The standard InChI is InChI=1S/C17H15BrFNO/c1-12(15-4-2-3-5-16(15)18)20-17(21)11-8-13-6-9-14(19)10-7-13/h2-12H,1H3,(H,20,21)/b11-8+/t12-/m0/s1. The zero-order valence-corrected chi connectivity index (χ0v) is 13.1. The van der Waals surface area contributed by atoms with E-state index in [4.69, 9.17) is 0 Å². The van der Waals surface area contributed by atoms with Crippen LogP contribution in [-0.4, -0.2) is 5.91 Å². The number of rotatable bonds is 4. The number of benzene rings is 2. The third-order valence-electron chi connectivity index (χ3n) is 3.03. The zero-order valence-electron chi connectivity index (χ0n) is 11.5. The summed E-state index contributed by atoms with van der Waals surface area (Å²) in [4.78, 5) is 11.9. The molecule has 0 radical (unpaired) electrons. The van der Waals surface area contributed by atoms with Crippen LogP contribution in [0.3, 0.4) is 0 Å². The van der Waals surface area contributed by atoms with Crippen LogP contribution < -0.4 is 5.32 Å². The molecule has 1 atom stereocenters. The van der Waals surface area contributed by atoms with Crippen LogP contribution in [0, 0.1) is 5.82 Å². The van der Waals surface area contributed by atoms with E-state index < -0.39 is 0 Å². The van der Waals surface area contributed by atoms with Crippen LogP contribution in [0.5, 0.6) is 0 Å². The number of hydrogen-bond donors (Lipinski definition) is 1. The molecule has 0 unspecified atom stereocenters. The molecule has 108 valence electrons. The van der Waals surface area contributed by atoms with Gasteiger partial charge in [-0.15, -0.1) is 0 Å². The van der Waals surface area contributed by atoms with Crippen LogP contribution in [0.1, 0.15) is 24.1 Å². The minimum atomic E-state index is -0.292. The van der Waals surface area contributed by atoms with Crippen molar-refractivity contribution in [1.29, 1.82) is 0 Å². The van der Waals surface area contributed by atoms with Crippen molar-refractivity contribution >= 4 is 27.9 Å². The van der Waals surface area contributed by atoms with E-state index in [1.165, 1.54) is 18.2 Å². The average molecular weight is 348 g/mol. The maximum atomic E-state index is 12.8. The van der Waals surface area contributed by atoms with E-state index in [2.05, 4.69) is 21.2 Å². The summed E-state index contributed by atoms with van der Waals surface area (Å²) < 4.78 is 13.7. The van der Waals surface area contributed by atoms with Crippen LogP contribution in [0.15, 0.2) is 59.1 Å². The van der Waals surface area contributed by atoms with Gasteiger partial charge in [0, 0.05) is 10.5 Å². The van der Waals surface area contributed by atoms with Crippen molar-refractivity contribution in [1.82, 2.24) is 5.32 Å². The van der Waals surface area contributed by atoms with Crippen molar-refractivity contribution in [2.45, 2.75) is 13.0 Å². The SMILES string of the molecule is C[C@H](NC(=O)/C=C/c1ccc(F)cc1)c1ccccc1Br.